The number of aryl methyl sites for hydroxylation is 2. The van der Waals surface area contributed by atoms with Crippen LogP contribution in [-0.2, 0) is 13.1 Å². The lowest BCUT2D eigenvalue weighted by Gasteiger charge is -2.17. The van der Waals surface area contributed by atoms with E-state index in [4.69, 9.17) is 9.15 Å². The van der Waals surface area contributed by atoms with E-state index in [-0.39, 0.29) is 11.8 Å². The normalized spacial score (nSPS) is 10.5. The summed E-state index contributed by atoms with van der Waals surface area (Å²) in [4.78, 5) is 36.5. The Morgan fingerprint density at radius 2 is 1.78 bits per heavy atom. The minimum atomic E-state index is -0.265. The molecule has 0 aliphatic heterocycles. The van der Waals surface area contributed by atoms with Gasteiger partial charge in [-0.3, -0.25) is 9.59 Å². The Kier molecular flexibility index (Phi) is 12.4. The van der Waals surface area contributed by atoms with E-state index in [0.29, 0.717) is 42.2 Å². The van der Waals surface area contributed by atoms with Crippen molar-refractivity contribution in [3.05, 3.63) is 124 Å². The highest BCUT2D eigenvalue weighted by Gasteiger charge is 2.19. The highest BCUT2D eigenvalue weighted by atomic mass is 32.1. The number of amides is 2. The topological polar surface area (TPSA) is 110 Å². The first-order chi connectivity index (χ1) is 21.8. The first-order valence-electron chi connectivity index (χ1n) is 14.7. The zero-order valence-corrected chi connectivity index (χ0v) is 26.9. The van der Waals surface area contributed by atoms with Crippen LogP contribution < -0.4 is 15.4 Å². The van der Waals surface area contributed by atoms with Crippen LogP contribution in [0.4, 0.5) is 0 Å². The fraction of sp³-hybridized carbons (Fsp3) is 0.257. The fourth-order valence-corrected chi connectivity index (χ4v) is 5.23. The van der Waals surface area contributed by atoms with Gasteiger partial charge in [0.15, 0.2) is 0 Å². The molecular formula is C35H39N5O4S. The number of methoxy groups -OCH3 is 1. The van der Waals surface area contributed by atoms with Crippen LogP contribution >= 0.6 is 11.3 Å². The SMILES string of the molecule is COc1cccc(CNCCCNC(=O)c2cc(C(=O)N(C)Cc3nc(C)cs3)cc(-c3ncco3)c2)c1.Cc1ccccc1. The van der Waals surface area contributed by atoms with E-state index in [9.17, 15) is 9.59 Å². The molecule has 5 aromatic rings. The van der Waals surface area contributed by atoms with Crippen LogP contribution in [0.3, 0.4) is 0 Å². The minimum absolute atomic E-state index is 0.220. The molecule has 0 unspecified atom stereocenters. The molecule has 0 atom stereocenters. The Morgan fingerprint density at radius 1 is 0.978 bits per heavy atom. The standard InChI is InChI=1S/C28H31N5O4S.C7H8/c1-19-18-38-25(32-19)17-33(2)28(35)23-14-21(13-22(15-23)27-31-10-11-37-27)26(34)30-9-5-8-29-16-20-6-4-7-24(12-20)36-3;1-7-5-3-2-4-6-7/h4,6-7,10-15,18,29H,5,8-9,16-17H2,1-3H3,(H,30,34);2-6H,1H3. The van der Waals surface area contributed by atoms with E-state index in [0.717, 1.165) is 35.0 Å². The van der Waals surface area contributed by atoms with Crippen LogP contribution in [0.5, 0.6) is 5.75 Å². The third-order valence-corrected chi connectivity index (χ3v) is 7.68. The van der Waals surface area contributed by atoms with E-state index in [1.54, 1.807) is 37.3 Å². The summed E-state index contributed by atoms with van der Waals surface area (Å²) in [6.07, 6.45) is 3.73. The van der Waals surface area contributed by atoms with E-state index >= 15 is 0 Å². The number of aromatic nitrogens is 2. The smallest absolute Gasteiger partial charge is 0.254 e. The second kappa shape index (κ2) is 16.9. The molecule has 9 nitrogen and oxygen atoms in total. The predicted octanol–water partition coefficient (Wildman–Crippen LogP) is 6.29. The van der Waals surface area contributed by atoms with Crippen LogP contribution in [0.1, 0.15) is 49.0 Å². The first-order valence-corrected chi connectivity index (χ1v) is 15.5. The van der Waals surface area contributed by atoms with Gasteiger partial charge in [-0.15, -0.1) is 11.3 Å². The van der Waals surface area contributed by atoms with E-state index < -0.39 is 0 Å². The Balaban J connectivity index is 0.000000580. The molecule has 234 valence electrons. The van der Waals surface area contributed by atoms with Gasteiger partial charge in [-0.2, -0.15) is 0 Å². The quantitative estimate of drug-likeness (QED) is 0.157. The zero-order chi connectivity index (χ0) is 32.0. The summed E-state index contributed by atoms with van der Waals surface area (Å²) in [5.74, 6) is 0.681. The zero-order valence-electron chi connectivity index (χ0n) is 26.1. The van der Waals surface area contributed by atoms with Crippen molar-refractivity contribution in [1.82, 2.24) is 25.5 Å². The maximum Gasteiger partial charge on any atom is 0.254 e. The number of nitrogens with one attached hydrogen (secondary N) is 2. The molecule has 2 aromatic heterocycles. The Hall–Kier alpha value is -4.80. The van der Waals surface area contributed by atoms with Gasteiger partial charge in [0.1, 0.15) is 17.0 Å². The number of carbonyl (C=O) groups is 2. The van der Waals surface area contributed by atoms with Crippen molar-refractivity contribution in [2.45, 2.75) is 33.4 Å². The van der Waals surface area contributed by atoms with E-state index in [1.165, 1.54) is 29.4 Å². The van der Waals surface area contributed by atoms with Crippen molar-refractivity contribution in [1.29, 1.82) is 0 Å². The molecule has 2 N–H and O–H groups in total. The number of nitrogens with zero attached hydrogens (tertiary/aromatic N) is 3. The molecule has 45 heavy (non-hydrogen) atoms. The van der Waals surface area contributed by atoms with E-state index in [2.05, 4.69) is 39.7 Å². The summed E-state index contributed by atoms with van der Waals surface area (Å²) >= 11 is 1.51. The molecule has 0 aliphatic rings. The van der Waals surface area contributed by atoms with Crippen molar-refractivity contribution in [2.24, 2.45) is 0 Å². The van der Waals surface area contributed by atoms with Crippen molar-refractivity contribution < 1.29 is 18.7 Å². The van der Waals surface area contributed by atoms with Gasteiger partial charge >= 0.3 is 0 Å². The van der Waals surface area contributed by atoms with Gasteiger partial charge in [0, 0.05) is 47.9 Å². The van der Waals surface area contributed by atoms with Crippen molar-refractivity contribution in [2.75, 3.05) is 27.2 Å². The van der Waals surface area contributed by atoms with Gasteiger partial charge in [-0.1, -0.05) is 48.0 Å². The highest BCUT2D eigenvalue weighted by molar-refractivity contribution is 7.09. The number of hydrogen-bond donors (Lipinski definition) is 2. The van der Waals surface area contributed by atoms with Gasteiger partial charge in [0.05, 0.1) is 19.9 Å². The first kappa shape index (κ1) is 33.1. The van der Waals surface area contributed by atoms with Crippen LogP contribution in [0, 0.1) is 13.8 Å². The molecule has 0 spiro atoms. The van der Waals surface area contributed by atoms with Gasteiger partial charge in [-0.05, 0) is 62.7 Å². The van der Waals surface area contributed by atoms with Gasteiger partial charge in [0.25, 0.3) is 11.8 Å². The summed E-state index contributed by atoms with van der Waals surface area (Å²) in [7, 11) is 3.37. The lowest BCUT2D eigenvalue weighted by atomic mass is 10.0. The molecule has 0 fully saturated rings. The maximum atomic E-state index is 13.2. The minimum Gasteiger partial charge on any atom is -0.497 e. The Morgan fingerprint density at radius 3 is 2.44 bits per heavy atom. The lowest BCUT2D eigenvalue weighted by Crippen LogP contribution is -2.29. The summed E-state index contributed by atoms with van der Waals surface area (Å²) in [5, 5.41) is 9.11. The molecule has 10 heteroatoms. The van der Waals surface area contributed by atoms with Crippen LogP contribution in [0.15, 0.2) is 95.1 Å². The highest BCUT2D eigenvalue weighted by Crippen LogP contribution is 2.23. The van der Waals surface area contributed by atoms with Crippen LogP contribution in [0.25, 0.3) is 11.5 Å². The molecule has 2 amide bonds. The molecule has 0 radical (unpaired) electrons. The maximum absolute atomic E-state index is 13.2. The molecule has 3 aromatic carbocycles. The number of thiazole rings is 1. The van der Waals surface area contributed by atoms with Gasteiger partial charge < -0.3 is 24.7 Å². The summed E-state index contributed by atoms with van der Waals surface area (Å²) in [6, 6.07) is 23.1. The molecular weight excluding hydrogens is 586 g/mol. The number of rotatable bonds is 12. The molecule has 2 heterocycles. The van der Waals surface area contributed by atoms with Crippen molar-refractivity contribution in [3.8, 4) is 17.2 Å². The molecule has 0 saturated carbocycles. The Labute approximate surface area is 268 Å². The number of carbonyl (C=O) groups excluding carboxylic acids is 2. The second-order valence-corrected chi connectivity index (χ2v) is 11.4. The molecule has 5 rings (SSSR count). The van der Waals surface area contributed by atoms with Crippen molar-refractivity contribution >= 4 is 23.2 Å². The summed E-state index contributed by atoms with van der Waals surface area (Å²) < 4.78 is 10.7. The number of hydrogen-bond acceptors (Lipinski definition) is 8. The van der Waals surface area contributed by atoms with Crippen molar-refractivity contribution in [3.63, 3.8) is 0 Å². The summed E-state index contributed by atoms with van der Waals surface area (Å²) in [5.41, 5.74) is 4.68. The lowest BCUT2D eigenvalue weighted by molar-refractivity contribution is 0.0785. The fourth-order valence-electron chi connectivity index (χ4n) is 4.41. The largest absolute Gasteiger partial charge is 0.497 e. The molecule has 0 aliphatic carbocycles. The average molecular weight is 626 g/mol. The van der Waals surface area contributed by atoms with Gasteiger partial charge in [0.2, 0.25) is 5.89 Å². The molecule has 0 saturated heterocycles. The monoisotopic (exact) mass is 625 g/mol. The van der Waals surface area contributed by atoms with Crippen LogP contribution in [0.2, 0.25) is 0 Å². The van der Waals surface area contributed by atoms with E-state index in [1.807, 2.05) is 54.8 Å². The number of ether oxygens (including phenoxy) is 1. The third-order valence-electron chi connectivity index (χ3n) is 6.73. The van der Waals surface area contributed by atoms with Crippen LogP contribution in [-0.4, -0.2) is 53.9 Å². The Bertz CT molecular complexity index is 1650. The second-order valence-electron chi connectivity index (χ2n) is 10.5. The summed E-state index contributed by atoms with van der Waals surface area (Å²) in [6.45, 7) is 6.31. The average Bonchev–Trinajstić information content (AvgIpc) is 3.75. The predicted molar refractivity (Wildman–Crippen MR) is 177 cm³/mol. The third kappa shape index (κ3) is 10.4. The number of benzene rings is 3. The van der Waals surface area contributed by atoms with Gasteiger partial charge in [-0.25, -0.2) is 9.97 Å². The number of oxazole rings is 1. The molecule has 0 bridgehead atoms.